The van der Waals surface area contributed by atoms with Gasteiger partial charge in [0.15, 0.2) is 5.96 Å². The molecule has 1 aliphatic rings. The standard InChI is InChI=1S/C6H11N3O/c1-2-3-9-5(10)4-8-6(9)7/h2-4H2,1H3,(H2,7,8). The molecule has 0 aromatic heterocycles. The maximum atomic E-state index is 10.9. The minimum Gasteiger partial charge on any atom is -0.369 e. The van der Waals surface area contributed by atoms with Crippen LogP contribution in [-0.2, 0) is 4.79 Å². The van der Waals surface area contributed by atoms with E-state index in [2.05, 4.69) is 4.99 Å². The SMILES string of the molecule is CCCN1C(=O)CN=C1N. The van der Waals surface area contributed by atoms with E-state index in [1.165, 1.54) is 4.90 Å². The van der Waals surface area contributed by atoms with Gasteiger partial charge in [-0.15, -0.1) is 0 Å². The normalized spacial score (nSPS) is 17.9. The van der Waals surface area contributed by atoms with Gasteiger partial charge in [-0.2, -0.15) is 0 Å². The van der Waals surface area contributed by atoms with Gasteiger partial charge in [-0.25, -0.2) is 4.99 Å². The van der Waals surface area contributed by atoms with E-state index in [0.29, 0.717) is 12.5 Å². The molecule has 0 fully saturated rings. The fraction of sp³-hybridized carbons (Fsp3) is 0.667. The van der Waals surface area contributed by atoms with Crippen LogP contribution in [0.3, 0.4) is 0 Å². The van der Waals surface area contributed by atoms with Crippen LogP contribution >= 0.6 is 0 Å². The lowest BCUT2D eigenvalue weighted by atomic mass is 10.4. The summed E-state index contributed by atoms with van der Waals surface area (Å²) in [6.45, 7) is 2.92. The Morgan fingerprint density at radius 2 is 2.50 bits per heavy atom. The number of carbonyl (C=O) groups excluding carboxylic acids is 1. The number of aliphatic imine (C=N–C) groups is 1. The quantitative estimate of drug-likeness (QED) is 0.566. The molecule has 10 heavy (non-hydrogen) atoms. The average Bonchev–Trinajstić information content (AvgIpc) is 2.20. The Labute approximate surface area is 59.7 Å². The number of rotatable bonds is 2. The Balaban J connectivity index is 2.56. The summed E-state index contributed by atoms with van der Waals surface area (Å²) in [5, 5.41) is 0. The highest BCUT2D eigenvalue weighted by molar-refractivity contribution is 6.02. The molecule has 2 N–H and O–H groups in total. The minimum absolute atomic E-state index is 0.0133. The highest BCUT2D eigenvalue weighted by Gasteiger charge is 2.21. The Morgan fingerprint density at radius 1 is 1.80 bits per heavy atom. The Bertz CT molecular complexity index is 176. The molecule has 4 nitrogen and oxygen atoms in total. The van der Waals surface area contributed by atoms with Gasteiger partial charge in [0.25, 0.3) is 5.91 Å². The van der Waals surface area contributed by atoms with E-state index in [9.17, 15) is 4.79 Å². The summed E-state index contributed by atoms with van der Waals surface area (Å²) in [6.07, 6.45) is 0.919. The highest BCUT2D eigenvalue weighted by Crippen LogP contribution is 1.99. The lowest BCUT2D eigenvalue weighted by molar-refractivity contribution is -0.124. The van der Waals surface area contributed by atoms with Gasteiger partial charge < -0.3 is 5.73 Å². The number of hydrogen-bond acceptors (Lipinski definition) is 3. The van der Waals surface area contributed by atoms with Crippen molar-refractivity contribution in [3.8, 4) is 0 Å². The first-order valence-electron chi connectivity index (χ1n) is 3.36. The largest absolute Gasteiger partial charge is 0.369 e. The maximum absolute atomic E-state index is 10.9. The molecule has 0 aromatic carbocycles. The predicted molar refractivity (Wildman–Crippen MR) is 38.5 cm³/mol. The van der Waals surface area contributed by atoms with Crippen LogP contribution in [0.1, 0.15) is 13.3 Å². The van der Waals surface area contributed by atoms with Crippen LogP contribution < -0.4 is 5.73 Å². The third-order valence-corrected chi connectivity index (χ3v) is 1.40. The number of amides is 1. The fourth-order valence-corrected chi connectivity index (χ4v) is 0.910. The molecular formula is C6H11N3O. The summed E-state index contributed by atoms with van der Waals surface area (Å²) in [4.78, 5) is 16.2. The summed E-state index contributed by atoms with van der Waals surface area (Å²) < 4.78 is 0. The van der Waals surface area contributed by atoms with Crippen LogP contribution in [0.4, 0.5) is 0 Å². The first kappa shape index (κ1) is 7.05. The van der Waals surface area contributed by atoms with Crippen LogP contribution in [0, 0.1) is 0 Å². The van der Waals surface area contributed by atoms with Crippen molar-refractivity contribution in [2.24, 2.45) is 10.7 Å². The van der Waals surface area contributed by atoms with Gasteiger partial charge >= 0.3 is 0 Å². The van der Waals surface area contributed by atoms with Crippen molar-refractivity contribution in [2.75, 3.05) is 13.1 Å². The van der Waals surface area contributed by atoms with Gasteiger partial charge in [-0.3, -0.25) is 9.69 Å². The van der Waals surface area contributed by atoms with Gasteiger partial charge in [-0.1, -0.05) is 6.92 Å². The number of nitrogens with zero attached hydrogens (tertiary/aromatic N) is 2. The average molecular weight is 141 g/mol. The van der Waals surface area contributed by atoms with Crippen molar-refractivity contribution in [3.63, 3.8) is 0 Å². The highest BCUT2D eigenvalue weighted by atomic mass is 16.2. The van der Waals surface area contributed by atoms with Gasteiger partial charge in [0.1, 0.15) is 6.54 Å². The lowest BCUT2D eigenvalue weighted by Gasteiger charge is -2.12. The number of hydrogen-bond donors (Lipinski definition) is 1. The predicted octanol–water partition coefficient (Wildman–Crippen LogP) is -0.447. The molecule has 0 saturated heterocycles. The third kappa shape index (κ3) is 1.10. The number of nitrogens with two attached hydrogens (primary N) is 1. The number of guanidine groups is 1. The van der Waals surface area contributed by atoms with Crippen molar-refractivity contribution in [3.05, 3.63) is 0 Å². The van der Waals surface area contributed by atoms with Crippen LogP contribution in [-0.4, -0.2) is 29.9 Å². The summed E-state index contributed by atoms with van der Waals surface area (Å²) in [5.41, 5.74) is 5.41. The Morgan fingerprint density at radius 3 is 2.90 bits per heavy atom. The van der Waals surface area contributed by atoms with E-state index in [1.807, 2.05) is 6.92 Å². The summed E-state index contributed by atoms with van der Waals surface area (Å²) in [5.74, 6) is 0.381. The summed E-state index contributed by atoms with van der Waals surface area (Å²) >= 11 is 0. The van der Waals surface area contributed by atoms with Crippen LogP contribution in [0.2, 0.25) is 0 Å². The number of carbonyl (C=O) groups is 1. The van der Waals surface area contributed by atoms with Gasteiger partial charge in [0, 0.05) is 6.54 Å². The zero-order chi connectivity index (χ0) is 7.56. The topological polar surface area (TPSA) is 58.7 Å². The first-order chi connectivity index (χ1) is 4.75. The first-order valence-corrected chi connectivity index (χ1v) is 3.36. The van der Waals surface area contributed by atoms with Crippen molar-refractivity contribution < 1.29 is 4.79 Å². The molecule has 1 rings (SSSR count). The van der Waals surface area contributed by atoms with Gasteiger partial charge in [0.05, 0.1) is 0 Å². The van der Waals surface area contributed by atoms with Crippen LogP contribution in [0.15, 0.2) is 4.99 Å². The molecule has 0 bridgehead atoms. The second-order valence-electron chi connectivity index (χ2n) is 2.22. The maximum Gasteiger partial charge on any atom is 0.251 e. The van der Waals surface area contributed by atoms with Crippen LogP contribution in [0.25, 0.3) is 0 Å². The minimum atomic E-state index is 0.0133. The molecule has 0 radical (unpaired) electrons. The molecule has 4 heteroatoms. The molecule has 1 heterocycles. The van der Waals surface area contributed by atoms with Crippen molar-refractivity contribution in [2.45, 2.75) is 13.3 Å². The molecule has 0 unspecified atom stereocenters. The fourth-order valence-electron chi connectivity index (χ4n) is 0.910. The Kier molecular flexibility index (Phi) is 1.89. The zero-order valence-corrected chi connectivity index (χ0v) is 6.00. The second-order valence-corrected chi connectivity index (χ2v) is 2.22. The van der Waals surface area contributed by atoms with E-state index in [4.69, 9.17) is 5.73 Å². The van der Waals surface area contributed by atoms with Gasteiger partial charge in [0.2, 0.25) is 0 Å². The van der Waals surface area contributed by atoms with Crippen molar-refractivity contribution in [1.82, 2.24) is 4.90 Å². The summed E-state index contributed by atoms with van der Waals surface area (Å²) in [7, 11) is 0. The van der Waals surface area contributed by atoms with E-state index in [-0.39, 0.29) is 12.5 Å². The second kappa shape index (κ2) is 2.68. The van der Waals surface area contributed by atoms with E-state index < -0.39 is 0 Å². The smallest absolute Gasteiger partial charge is 0.251 e. The van der Waals surface area contributed by atoms with Crippen molar-refractivity contribution >= 4 is 11.9 Å². The monoisotopic (exact) mass is 141 g/mol. The molecule has 1 aliphatic heterocycles. The van der Waals surface area contributed by atoms with E-state index in [1.54, 1.807) is 0 Å². The van der Waals surface area contributed by atoms with Crippen molar-refractivity contribution in [1.29, 1.82) is 0 Å². The van der Waals surface area contributed by atoms with E-state index in [0.717, 1.165) is 6.42 Å². The zero-order valence-electron chi connectivity index (χ0n) is 6.00. The van der Waals surface area contributed by atoms with Crippen LogP contribution in [0.5, 0.6) is 0 Å². The van der Waals surface area contributed by atoms with Gasteiger partial charge in [-0.05, 0) is 6.42 Å². The molecule has 1 amide bonds. The molecule has 56 valence electrons. The molecular weight excluding hydrogens is 130 g/mol. The lowest BCUT2D eigenvalue weighted by Crippen LogP contribution is -2.37. The summed E-state index contributed by atoms with van der Waals surface area (Å²) in [6, 6.07) is 0. The molecule has 0 spiro atoms. The van der Waals surface area contributed by atoms with E-state index >= 15 is 0 Å². The molecule has 0 aromatic rings. The Hall–Kier alpha value is -1.06. The molecule has 0 atom stereocenters. The molecule has 0 saturated carbocycles. The molecule has 0 aliphatic carbocycles. The third-order valence-electron chi connectivity index (χ3n) is 1.40.